The van der Waals surface area contributed by atoms with Crippen molar-refractivity contribution in [3.63, 3.8) is 0 Å². The Bertz CT molecular complexity index is 269. The van der Waals surface area contributed by atoms with Crippen molar-refractivity contribution < 1.29 is 9.59 Å². The lowest BCUT2D eigenvalue weighted by molar-refractivity contribution is -0.165. The smallest absolute Gasteiger partial charge is 0.246 e. The van der Waals surface area contributed by atoms with Crippen LogP contribution in [-0.2, 0) is 9.59 Å². The van der Waals surface area contributed by atoms with Crippen LogP contribution in [0, 0.1) is 0 Å². The van der Waals surface area contributed by atoms with Crippen LogP contribution >= 0.6 is 0 Å². The second-order valence-electron chi connectivity index (χ2n) is 5.09. The SMILES string of the molecule is O=C1C2CCCCN2C(=O)C2CCCCN12. The first-order valence-corrected chi connectivity index (χ1v) is 6.40. The Kier molecular flexibility index (Phi) is 2.37. The molecule has 0 aromatic rings. The summed E-state index contributed by atoms with van der Waals surface area (Å²) in [5.74, 6) is 0.424. The van der Waals surface area contributed by atoms with Crippen LogP contribution in [0.2, 0.25) is 0 Å². The molecule has 3 rings (SSSR count). The molecular formula is C12H18N2O2. The predicted molar refractivity (Wildman–Crippen MR) is 58.7 cm³/mol. The van der Waals surface area contributed by atoms with Crippen molar-refractivity contribution in [1.82, 2.24) is 9.80 Å². The van der Waals surface area contributed by atoms with E-state index in [0.717, 1.165) is 51.6 Å². The molecule has 3 saturated heterocycles. The fourth-order valence-electron chi connectivity index (χ4n) is 3.29. The molecule has 16 heavy (non-hydrogen) atoms. The quantitative estimate of drug-likeness (QED) is 0.607. The highest BCUT2D eigenvalue weighted by Crippen LogP contribution is 2.30. The third kappa shape index (κ3) is 1.35. The lowest BCUT2D eigenvalue weighted by Crippen LogP contribution is -2.66. The summed E-state index contributed by atoms with van der Waals surface area (Å²) in [6.07, 6.45) is 6.02. The van der Waals surface area contributed by atoms with Crippen molar-refractivity contribution >= 4 is 11.8 Å². The van der Waals surface area contributed by atoms with Gasteiger partial charge in [0.25, 0.3) is 0 Å². The molecule has 0 radical (unpaired) electrons. The van der Waals surface area contributed by atoms with E-state index in [1.807, 2.05) is 9.80 Å². The van der Waals surface area contributed by atoms with Gasteiger partial charge in [-0.05, 0) is 38.5 Å². The van der Waals surface area contributed by atoms with Gasteiger partial charge in [-0.3, -0.25) is 9.59 Å². The van der Waals surface area contributed by atoms with Gasteiger partial charge in [0, 0.05) is 13.1 Å². The van der Waals surface area contributed by atoms with E-state index in [1.54, 1.807) is 0 Å². The van der Waals surface area contributed by atoms with Crippen LogP contribution in [0.25, 0.3) is 0 Å². The van der Waals surface area contributed by atoms with Gasteiger partial charge in [-0.2, -0.15) is 0 Å². The highest BCUT2D eigenvalue weighted by atomic mass is 16.2. The number of rotatable bonds is 0. The standard InChI is InChI=1S/C12H18N2O2/c15-11-9-5-1-3-7-13(9)12(16)10-6-2-4-8-14(10)11/h9-10H,1-8H2. The van der Waals surface area contributed by atoms with E-state index in [9.17, 15) is 9.59 Å². The Morgan fingerprint density at radius 1 is 0.750 bits per heavy atom. The van der Waals surface area contributed by atoms with Crippen molar-refractivity contribution in [2.75, 3.05) is 13.1 Å². The van der Waals surface area contributed by atoms with Crippen LogP contribution in [-0.4, -0.2) is 46.8 Å². The van der Waals surface area contributed by atoms with Crippen molar-refractivity contribution in [1.29, 1.82) is 0 Å². The first-order valence-electron chi connectivity index (χ1n) is 6.40. The number of fused-ring (bicyclic) bond motifs is 2. The number of amides is 2. The van der Waals surface area contributed by atoms with E-state index < -0.39 is 0 Å². The summed E-state index contributed by atoms with van der Waals surface area (Å²) in [6.45, 7) is 1.58. The zero-order chi connectivity index (χ0) is 11.1. The molecule has 4 heteroatoms. The molecule has 0 saturated carbocycles. The molecule has 2 amide bonds. The molecule has 88 valence electrons. The zero-order valence-corrected chi connectivity index (χ0v) is 9.52. The Morgan fingerprint density at radius 3 is 1.62 bits per heavy atom. The molecule has 0 aromatic heterocycles. The highest BCUT2D eigenvalue weighted by molar-refractivity contribution is 5.97. The molecule has 0 aliphatic carbocycles. The zero-order valence-electron chi connectivity index (χ0n) is 9.52. The molecular weight excluding hydrogens is 204 g/mol. The van der Waals surface area contributed by atoms with Crippen molar-refractivity contribution in [2.45, 2.75) is 50.6 Å². The van der Waals surface area contributed by atoms with E-state index in [1.165, 1.54) is 0 Å². The average Bonchev–Trinajstić information content (AvgIpc) is 2.36. The van der Waals surface area contributed by atoms with E-state index in [-0.39, 0.29) is 23.9 Å². The molecule has 4 nitrogen and oxygen atoms in total. The van der Waals surface area contributed by atoms with Crippen LogP contribution in [0.5, 0.6) is 0 Å². The third-order valence-electron chi connectivity index (χ3n) is 4.14. The van der Waals surface area contributed by atoms with Gasteiger partial charge >= 0.3 is 0 Å². The fourth-order valence-corrected chi connectivity index (χ4v) is 3.29. The van der Waals surface area contributed by atoms with Gasteiger partial charge in [0.05, 0.1) is 0 Å². The molecule has 2 unspecified atom stereocenters. The Hall–Kier alpha value is -1.06. The van der Waals surface area contributed by atoms with Gasteiger partial charge in [0.1, 0.15) is 12.1 Å². The molecule has 3 fully saturated rings. The molecule has 2 atom stereocenters. The number of piperidine rings is 2. The molecule has 3 heterocycles. The number of carbonyl (C=O) groups is 2. The summed E-state index contributed by atoms with van der Waals surface area (Å²) in [7, 11) is 0. The van der Waals surface area contributed by atoms with Crippen molar-refractivity contribution in [2.24, 2.45) is 0 Å². The van der Waals surface area contributed by atoms with E-state index in [0.29, 0.717) is 0 Å². The van der Waals surface area contributed by atoms with Crippen LogP contribution < -0.4 is 0 Å². The van der Waals surface area contributed by atoms with Crippen LogP contribution in [0.15, 0.2) is 0 Å². The van der Waals surface area contributed by atoms with E-state index in [4.69, 9.17) is 0 Å². The van der Waals surface area contributed by atoms with Gasteiger partial charge < -0.3 is 9.80 Å². The van der Waals surface area contributed by atoms with Gasteiger partial charge in [-0.15, -0.1) is 0 Å². The minimum Gasteiger partial charge on any atom is -0.329 e. The predicted octanol–water partition coefficient (Wildman–Crippen LogP) is 0.762. The largest absolute Gasteiger partial charge is 0.329 e. The second kappa shape index (κ2) is 3.75. The summed E-state index contributed by atoms with van der Waals surface area (Å²) in [6, 6.07) is -0.258. The number of hydrogen-bond donors (Lipinski definition) is 0. The lowest BCUT2D eigenvalue weighted by Gasteiger charge is -2.48. The van der Waals surface area contributed by atoms with Gasteiger partial charge in [-0.25, -0.2) is 0 Å². The van der Waals surface area contributed by atoms with Crippen molar-refractivity contribution in [3.8, 4) is 0 Å². The summed E-state index contributed by atoms with van der Waals surface area (Å²) < 4.78 is 0. The molecule has 3 aliphatic rings. The minimum atomic E-state index is -0.129. The number of nitrogens with zero attached hydrogens (tertiary/aromatic N) is 2. The Morgan fingerprint density at radius 2 is 1.19 bits per heavy atom. The number of hydrogen-bond acceptors (Lipinski definition) is 2. The summed E-state index contributed by atoms with van der Waals surface area (Å²) in [4.78, 5) is 28.2. The lowest BCUT2D eigenvalue weighted by atomic mass is 9.91. The number of piperazine rings is 1. The molecule has 0 bridgehead atoms. The van der Waals surface area contributed by atoms with Crippen LogP contribution in [0.1, 0.15) is 38.5 Å². The second-order valence-corrected chi connectivity index (χ2v) is 5.09. The maximum atomic E-state index is 12.3. The van der Waals surface area contributed by atoms with Crippen LogP contribution in [0.4, 0.5) is 0 Å². The Balaban J connectivity index is 1.89. The molecule has 0 aromatic carbocycles. The van der Waals surface area contributed by atoms with E-state index >= 15 is 0 Å². The summed E-state index contributed by atoms with van der Waals surface area (Å²) >= 11 is 0. The van der Waals surface area contributed by atoms with Crippen LogP contribution in [0.3, 0.4) is 0 Å². The van der Waals surface area contributed by atoms with Gasteiger partial charge in [0.15, 0.2) is 0 Å². The van der Waals surface area contributed by atoms with Crippen molar-refractivity contribution in [3.05, 3.63) is 0 Å². The third-order valence-corrected chi connectivity index (χ3v) is 4.14. The number of carbonyl (C=O) groups excluding carboxylic acids is 2. The fraction of sp³-hybridized carbons (Fsp3) is 0.833. The summed E-state index contributed by atoms with van der Waals surface area (Å²) in [5.41, 5.74) is 0. The monoisotopic (exact) mass is 222 g/mol. The summed E-state index contributed by atoms with van der Waals surface area (Å²) in [5, 5.41) is 0. The normalized spacial score (nSPS) is 34.8. The first kappa shape index (κ1) is 10.1. The maximum Gasteiger partial charge on any atom is 0.246 e. The topological polar surface area (TPSA) is 40.6 Å². The Labute approximate surface area is 95.6 Å². The average molecular weight is 222 g/mol. The first-order chi connectivity index (χ1) is 7.79. The van der Waals surface area contributed by atoms with E-state index in [2.05, 4.69) is 0 Å². The maximum absolute atomic E-state index is 12.3. The molecule has 0 N–H and O–H groups in total. The minimum absolute atomic E-state index is 0.129. The highest BCUT2D eigenvalue weighted by Gasteiger charge is 2.46. The van der Waals surface area contributed by atoms with Gasteiger partial charge in [-0.1, -0.05) is 0 Å². The van der Waals surface area contributed by atoms with Gasteiger partial charge in [0.2, 0.25) is 11.8 Å². The molecule has 0 spiro atoms. The molecule has 3 aliphatic heterocycles.